The molecule has 0 spiro atoms. The Hall–Kier alpha value is -0.510. The van der Waals surface area contributed by atoms with Crippen molar-refractivity contribution in [3.63, 3.8) is 0 Å². The SMILES string of the molecule is CSc1ccccc1CCCN1CCOCC1. The van der Waals surface area contributed by atoms with Gasteiger partial charge in [0, 0.05) is 18.0 Å². The Bertz CT molecular complexity index is 337. The summed E-state index contributed by atoms with van der Waals surface area (Å²) in [4.78, 5) is 3.93. The van der Waals surface area contributed by atoms with Gasteiger partial charge in [-0.05, 0) is 37.3 Å². The maximum absolute atomic E-state index is 5.36. The van der Waals surface area contributed by atoms with Crippen LogP contribution in [0.5, 0.6) is 0 Å². The Kier molecular flexibility index (Phi) is 5.36. The van der Waals surface area contributed by atoms with Crippen molar-refractivity contribution in [2.45, 2.75) is 17.7 Å². The second-order valence-corrected chi connectivity index (χ2v) is 5.22. The van der Waals surface area contributed by atoms with Crippen LogP contribution in [0.15, 0.2) is 29.2 Å². The van der Waals surface area contributed by atoms with Crippen LogP contribution in [0.4, 0.5) is 0 Å². The van der Waals surface area contributed by atoms with E-state index in [1.54, 1.807) is 0 Å². The molecule has 0 saturated carbocycles. The molecule has 1 aliphatic rings. The largest absolute Gasteiger partial charge is 0.379 e. The first kappa shape index (κ1) is 12.9. The fourth-order valence-electron chi connectivity index (χ4n) is 2.23. The normalized spacial score (nSPS) is 17.2. The highest BCUT2D eigenvalue weighted by Gasteiger charge is 2.09. The molecule has 17 heavy (non-hydrogen) atoms. The van der Waals surface area contributed by atoms with Crippen molar-refractivity contribution in [1.29, 1.82) is 0 Å². The summed E-state index contributed by atoms with van der Waals surface area (Å²) >= 11 is 1.85. The number of rotatable bonds is 5. The van der Waals surface area contributed by atoms with Crippen LogP contribution < -0.4 is 0 Å². The number of aryl methyl sites for hydroxylation is 1. The summed E-state index contributed by atoms with van der Waals surface area (Å²) in [5.74, 6) is 0. The summed E-state index contributed by atoms with van der Waals surface area (Å²) in [6.07, 6.45) is 4.59. The van der Waals surface area contributed by atoms with Crippen LogP contribution in [-0.2, 0) is 11.2 Å². The van der Waals surface area contributed by atoms with E-state index in [9.17, 15) is 0 Å². The molecule has 3 heteroatoms. The van der Waals surface area contributed by atoms with E-state index in [1.165, 1.54) is 29.8 Å². The van der Waals surface area contributed by atoms with Crippen molar-refractivity contribution in [2.24, 2.45) is 0 Å². The molecule has 1 aliphatic heterocycles. The number of hydrogen-bond acceptors (Lipinski definition) is 3. The van der Waals surface area contributed by atoms with E-state index >= 15 is 0 Å². The minimum atomic E-state index is 0.904. The summed E-state index contributed by atoms with van der Waals surface area (Å²) in [5, 5.41) is 0. The third-order valence-electron chi connectivity index (χ3n) is 3.22. The fraction of sp³-hybridized carbons (Fsp3) is 0.571. The number of nitrogens with zero attached hydrogens (tertiary/aromatic N) is 1. The summed E-state index contributed by atoms with van der Waals surface area (Å²) in [5.41, 5.74) is 1.49. The van der Waals surface area contributed by atoms with Crippen LogP contribution in [0.25, 0.3) is 0 Å². The minimum Gasteiger partial charge on any atom is -0.379 e. The lowest BCUT2D eigenvalue weighted by molar-refractivity contribution is 0.0374. The molecule has 1 heterocycles. The molecule has 0 unspecified atom stereocenters. The Morgan fingerprint density at radius 1 is 1.24 bits per heavy atom. The smallest absolute Gasteiger partial charge is 0.0594 e. The molecular weight excluding hydrogens is 230 g/mol. The highest BCUT2D eigenvalue weighted by molar-refractivity contribution is 7.98. The summed E-state index contributed by atoms with van der Waals surface area (Å²) in [6.45, 7) is 5.21. The molecule has 1 saturated heterocycles. The first-order chi connectivity index (χ1) is 8.40. The molecular formula is C14H21NOS. The van der Waals surface area contributed by atoms with E-state index in [2.05, 4.69) is 35.4 Å². The van der Waals surface area contributed by atoms with E-state index in [-0.39, 0.29) is 0 Å². The lowest BCUT2D eigenvalue weighted by atomic mass is 10.1. The average Bonchev–Trinajstić information content (AvgIpc) is 2.40. The third kappa shape index (κ3) is 4.02. The van der Waals surface area contributed by atoms with Gasteiger partial charge in [0.1, 0.15) is 0 Å². The molecule has 0 amide bonds. The molecule has 2 nitrogen and oxygen atoms in total. The van der Waals surface area contributed by atoms with E-state index in [1.807, 2.05) is 11.8 Å². The lowest BCUT2D eigenvalue weighted by Gasteiger charge is -2.26. The molecule has 0 bridgehead atoms. The molecule has 0 N–H and O–H groups in total. The van der Waals surface area contributed by atoms with Crippen molar-refractivity contribution in [1.82, 2.24) is 4.90 Å². The van der Waals surface area contributed by atoms with Gasteiger partial charge >= 0.3 is 0 Å². The Morgan fingerprint density at radius 2 is 2.00 bits per heavy atom. The molecule has 0 aromatic heterocycles. The molecule has 2 rings (SSSR count). The van der Waals surface area contributed by atoms with E-state index in [0.29, 0.717) is 0 Å². The Balaban J connectivity index is 1.77. The van der Waals surface area contributed by atoms with Crippen LogP contribution in [0, 0.1) is 0 Å². The van der Waals surface area contributed by atoms with Crippen molar-refractivity contribution < 1.29 is 4.74 Å². The second kappa shape index (κ2) is 7.04. The second-order valence-electron chi connectivity index (χ2n) is 4.37. The molecule has 1 aromatic carbocycles. The highest BCUT2D eigenvalue weighted by atomic mass is 32.2. The van der Waals surface area contributed by atoms with Gasteiger partial charge in [-0.3, -0.25) is 4.90 Å². The van der Waals surface area contributed by atoms with Crippen molar-refractivity contribution in [3.05, 3.63) is 29.8 Å². The quantitative estimate of drug-likeness (QED) is 0.747. The number of morpholine rings is 1. The van der Waals surface area contributed by atoms with E-state index in [0.717, 1.165) is 26.3 Å². The van der Waals surface area contributed by atoms with Crippen molar-refractivity contribution in [3.8, 4) is 0 Å². The molecule has 94 valence electrons. The van der Waals surface area contributed by atoms with Crippen LogP contribution >= 0.6 is 11.8 Å². The average molecular weight is 251 g/mol. The summed E-state index contributed by atoms with van der Waals surface area (Å²) in [6, 6.07) is 8.74. The third-order valence-corrected chi connectivity index (χ3v) is 4.05. The standard InChI is InChI=1S/C14H21NOS/c1-17-14-7-3-2-5-13(14)6-4-8-15-9-11-16-12-10-15/h2-3,5,7H,4,6,8-12H2,1H3. The maximum atomic E-state index is 5.36. The van der Waals surface area contributed by atoms with E-state index in [4.69, 9.17) is 4.74 Å². The van der Waals surface area contributed by atoms with Crippen LogP contribution in [0.1, 0.15) is 12.0 Å². The zero-order valence-corrected chi connectivity index (χ0v) is 11.3. The van der Waals surface area contributed by atoms with Gasteiger partial charge in [0.25, 0.3) is 0 Å². The van der Waals surface area contributed by atoms with Crippen molar-refractivity contribution in [2.75, 3.05) is 39.1 Å². The molecule has 1 fully saturated rings. The number of thioether (sulfide) groups is 1. The molecule has 1 aromatic rings. The van der Waals surface area contributed by atoms with Crippen LogP contribution in [0.2, 0.25) is 0 Å². The van der Waals surface area contributed by atoms with Crippen LogP contribution in [0.3, 0.4) is 0 Å². The van der Waals surface area contributed by atoms with Gasteiger partial charge in [-0.15, -0.1) is 11.8 Å². The van der Waals surface area contributed by atoms with Gasteiger partial charge in [0.2, 0.25) is 0 Å². The zero-order valence-electron chi connectivity index (χ0n) is 10.5. The molecule has 0 radical (unpaired) electrons. The van der Waals surface area contributed by atoms with Gasteiger partial charge in [-0.2, -0.15) is 0 Å². The maximum Gasteiger partial charge on any atom is 0.0594 e. The monoisotopic (exact) mass is 251 g/mol. The number of hydrogen-bond donors (Lipinski definition) is 0. The fourth-order valence-corrected chi connectivity index (χ4v) is 2.87. The Morgan fingerprint density at radius 3 is 2.76 bits per heavy atom. The molecule has 0 aliphatic carbocycles. The van der Waals surface area contributed by atoms with Gasteiger partial charge in [-0.1, -0.05) is 18.2 Å². The van der Waals surface area contributed by atoms with E-state index < -0.39 is 0 Å². The van der Waals surface area contributed by atoms with Crippen LogP contribution in [-0.4, -0.2) is 44.0 Å². The predicted octanol–water partition coefficient (Wildman–Crippen LogP) is 2.67. The van der Waals surface area contributed by atoms with Gasteiger partial charge in [0.15, 0.2) is 0 Å². The predicted molar refractivity (Wildman–Crippen MR) is 73.8 cm³/mol. The first-order valence-electron chi connectivity index (χ1n) is 6.32. The number of benzene rings is 1. The zero-order chi connectivity index (χ0) is 11.9. The molecule has 0 atom stereocenters. The number of ether oxygens (including phenoxy) is 1. The lowest BCUT2D eigenvalue weighted by Crippen LogP contribution is -2.36. The minimum absolute atomic E-state index is 0.904. The topological polar surface area (TPSA) is 12.5 Å². The summed E-state index contributed by atoms with van der Waals surface area (Å²) < 4.78 is 5.36. The highest BCUT2D eigenvalue weighted by Crippen LogP contribution is 2.21. The first-order valence-corrected chi connectivity index (χ1v) is 7.54. The Labute approximate surface area is 108 Å². The van der Waals surface area contributed by atoms with Crippen molar-refractivity contribution >= 4 is 11.8 Å². The van der Waals surface area contributed by atoms with Gasteiger partial charge < -0.3 is 4.74 Å². The summed E-state index contributed by atoms with van der Waals surface area (Å²) in [7, 11) is 0. The van der Waals surface area contributed by atoms with Gasteiger partial charge in [-0.25, -0.2) is 0 Å². The van der Waals surface area contributed by atoms with Gasteiger partial charge in [0.05, 0.1) is 13.2 Å².